The van der Waals surface area contributed by atoms with Gasteiger partial charge in [0.05, 0.1) is 22.0 Å². The number of hydrogen-bond donors (Lipinski definition) is 0. The Morgan fingerprint density at radius 1 is 1.09 bits per heavy atom. The van der Waals surface area contributed by atoms with Gasteiger partial charge in [0.15, 0.2) is 0 Å². The first-order valence-electron chi connectivity index (χ1n) is 7.27. The second kappa shape index (κ2) is 6.36. The highest BCUT2D eigenvalue weighted by Gasteiger charge is 2.13. The van der Waals surface area contributed by atoms with Crippen LogP contribution in [0.25, 0.3) is 10.8 Å². The molecular formula is C18H15N3O2. The van der Waals surface area contributed by atoms with Crippen LogP contribution in [0.2, 0.25) is 0 Å². The molecule has 0 aliphatic rings. The first kappa shape index (κ1) is 14.8. The van der Waals surface area contributed by atoms with Crippen molar-refractivity contribution in [2.45, 2.75) is 13.0 Å². The van der Waals surface area contributed by atoms with E-state index in [2.05, 4.69) is 9.98 Å². The van der Waals surface area contributed by atoms with Crippen molar-refractivity contribution in [1.82, 2.24) is 4.98 Å². The molecule has 0 spiro atoms. The van der Waals surface area contributed by atoms with Crippen molar-refractivity contribution in [3.63, 3.8) is 0 Å². The zero-order valence-corrected chi connectivity index (χ0v) is 12.6. The summed E-state index contributed by atoms with van der Waals surface area (Å²) in [5.41, 5.74) is 1.82. The molecule has 1 unspecified atom stereocenters. The molecule has 0 saturated carbocycles. The summed E-state index contributed by atoms with van der Waals surface area (Å²) < 4.78 is 0. The number of nitro benzene ring substituents is 1. The van der Waals surface area contributed by atoms with Gasteiger partial charge in [-0.3, -0.25) is 20.1 Å². The van der Waals surface area contributed by atoms with Gasteiger partial charge in [0.2, 0.25) is 0 Å². The summed E-state index contributed by atoms with van der Waals surface area (Å²) >= 11 is 0. The molecule has 23 heavy (non-hydrogen) atoms. The highest BCUT2D eigenvalue weighted by Crippen LogP contribution is 2.26. The van der Waals surface area contributed by atoms with Gasteiger partial charge in [0.25, 0.3) is 5.69 Å². The number of fused-ring (bicyclic) bond motifs is 1. The minimum absolute atomic E-state index is 0.00745. The molecule has 3 rings (SSSR count). The van der Waals surface area contributed by atoms with Crippen molar-refractivity contribution in [3.05, 3.63) is 82.2 Å². The maximum Gasteiger partial charge on any atom is 0.277 e. The highest BCUT2D eigenvalue weighted by atomic mass is 16.6. The smallest absolute Gasteiger partial charge is 0.277 e. The van der Waals surface area contributed by atoms with Crippen LogP contribution in [-0.2, 0) is 0 Å². The summed E-state index contributed by atoms with van der Waals surface area (Å²) in [7, 11) is 0. The van der Waals surface area contributed by atoms with Gasteiger partial charge in [-0.2, -0.15) is 0 Å². The second-order valence-electron chi connectivity index (χ2n) is 5.19. The zero-order valence-electron chi connectivity index (χ0n) is 12.6. The third-order valence-corrected chi connectivity index (χ3v) is 3.71. The van der Waals surface area contributed by atoms with Gasteiger partial charge in [-0.1, -0.05) is 42.5 Å². The molecule has 114 valence electrons. The van der Waals surface area contributed by atoms with E-state index >= 15 is 0 Å². The van der Waals surface area contributed by atoms with Gasteiger partial charge >= 0.3 is 0 Å². The average molecular weight is 305 g/mol. The van der Waals surface area contributed by atoms with Crippen LogP contribution in [0.3, 0.4) is 0 Å². The largest absolute Gasteiger partial charge is 0.283 e. The van der Waals surface area contributed by atoms with E-state index in [-0.39, 0.29) is 16.7 Å². The highest BCUT2D eigenvalue weighted by molar-refractivity contribution is 6.01. The van der Waals surface area contributed by atoms with Crippen LogP contribution < -0.4 is 0 Å². The number of nitrogens with zero attached hydrogens (tertiary/aromatic N) is 3. The van der Waals surface area contributed by atoms with Gasteiger partial charge < -0.3 is 0 Å². The topological polar surface area (TPSA) is 68.4 Å². The molecule has 1 atom stereocenters. The van der Waals surface area contributed by atoms with Crippen LogP contribution in [0.1, 0.15) is 24.2 Å². The molecule has 0 saturated heterocycles. The van der Waals surface area contributed by atoms with E-state index < -0.39 is 0 Å². The maximum absolute atomic E-state index is 11.1. The molecule has 1 heterocycles. The van der Waals surface area contributed by atoms with Gasteiger partial charge in [-0.15, -0.1) is 0 Å². The molecule has 5 nitrogen and oxygen atoms in total. The number of hydrogen-bond acceptors (Lipinski definition) is 4. The zero-order chi connectivity index (χ0) is 16.2. The number of aromatic nitrogens is 1. The Hall–Kier alpha value is -3.08. The molecule has 2 aromatic carbocycles. The summed E-state index contributed by atoms with van der Waals surface area (Å²) in [6.07, 6.45) is 3.26. The quantitative estimate of drug-likeness (QED) is 0.409. The fourth-order valence-corrected chi connectivity index (χ4v) is 2.48. The van der Waals surface area contributed by atoms with E-state index in [4.69, 9.17) is 0 Å². The minimum Gasteiger partial charge on any atom is -0.283 e. The predicted molar refractivity (Wildman–Crippen MR) is 90.8 cm³/mol. The lowest BCUT2D eigenvalue weighted by Gasteiger charge is -2.06. The predicted octanol–water partition coefficient (Wildman–Crippen LogP) is 4.32. The molecule has 0 aliphatic heterocycles. The summed E-state index contributed by atoms with van der Waals surface area (Å²) in [5, 5.41) is 12.4. The lowest BCUT2D eigenvalue weighted by Crippen LogP contribution is -1.96. The fraction of sp³-hybridized carbons (Fsp3) is 0.111. The van der Waals surface area contributed by atoms with E-state index in [1.54, 1.807) is 24.5 Å². The Kier molecular flexibility index (Phi) is 4.10. The van der Waals surface area contributed by atoms with Crippen LogP contribution in [0.5, 0.6) is 0 Å². The van der Waals surface area contributed by atoms with Crippen LogP contribution in [0, 0.1) is 10.1 Å². The number of non-ortho nitro benzene ring substituents is 1. The Morgan fingerprint density at radius 2 is 1.87 bits per heavy atom. The number of rotatable bonds is 4. The molecule has 0 N–H and O–H groups in total. The van der Waals surface area contributed by atoms with Gasteiger partial charge in [0.1, 0.15) is 0 Å². The Morgan fingerprint density at radius 3 is 2.61 bits per heavy atom. The van der Waals surface area contributed by atoms with Crippen LogP contribution >= 0.6 is 0 Å². The van der Waals surface area contributed by atoms with Crippen LogP contribution in [0.15, 0.2) is 65.8 Å². The van der Waals surface area contributed by atoms with Gasteiger partial charge in [-0.25, -0.2) is 0 Å². The van der Waals surface area contributed by atoms with E-state index in [0.717, 1.165) is 10.9 Å². The van der Waals surface area contributed by atoms with Gasteiger partial charge in [-0.05, 0) is 18.6 Å². The monoisotopic (exact) mass is 305 g/mol. The molecule has 0 radical (unpaired) electrons. The third-order valence-electron chi connectivity index (χ3n) is 3.71. The Balaban J connectivity index is 1.99. The molecular weight excluding hydrogens is 290 g/mol. The lowest BCUT2D eigenvalue weighted by atomic mass is 10.1. The van der Waals surface area contributed by atoms with Gasteiger partial charge in [0, 0.05) is 23.9 Å². The van der Waals surface area contributed by atoms with Crippen molar-refractivity contribution in [3.8, 4) is 0 Å². The molecule has 0 aliphatic carbocycles. The van der Waals surface area contributed by atoms with E-state index in [1.165, 1.54) is 6.07 Å². The number of nitro groups is 1. The molecule has 3 aromatic rings. The number of pyridine rings is 1. The molecule has 0 amide bonds. The molecule has 1 aromatic heterocycles. The fourth-order valence-electron chi connectivity index (χ4n) is 2.48. The summed E-state index contributed by atoms with van der Waals surface area (Å²) in [5.74, 6) is 0. The first-order valence-corrected chi connectivity index (χ1v) is 7.27. The van der Waals surface area contributed by atoms with E-state index in [0.29, 0.717) is 11.1 Å². The second-order valence-corrected chi connectivity index (χ2v) is 5.19. The van der Waals surface area contributed by atoms with E-state index in [9.17, 15) is 10.1 Å². The summed E-state index contributed by atoms with van der Waals surface area (Å²) in [6.45, 7) is 2.00. The third kappa shape index (κ3) is 3.08. The van der Waals surface area contributed by atoms with Crippen molar-refractivity contribution in [2.75, 3.05) is 0 Å². The molecule has 0 fully saturated rings. The average Bonchev–Trinajstić information content (AvgIpc) is 2.59. The lowest BCUT2D eigenvalue weighted by molar-refractivity contribution is -0.383. The van der Waals surface area contributed by atoms with Crippen molar-refractivity contribution in [2.24, 2.45) is 4.99 Å². The first-order chi connectivity index (χ1) is 11.2. The standard InChI is InChI=1S/C18H15N3O2/c1-13(14-6-3-2-4-7-14)20-12-17-15-8-5-9-18(21(22)23)16(15)10-11-19-17/h2-13H,1H3. The number of aliphatic imine (C=N–C) groups is 1. The normalized spacial score (nSPS) is 12.6. The maximum atomic E-state index is 11.1. The Labute approximate surface area is 133 Å². The van der Waals surface area contributed by atoms with Crippen molar-refractivity contribution < 1.29 is 4.92 Å². The molecule has 5 heteroatoms. The number of benzene rings is 2. The minimum atomic E-state index is -0.379. The molecule has 0 bridgehead atoms. The summed E-state index contributed by atoms with van der Waals surface area (Å²) in [4.78, 5) is 19.6. The van der Waals surface area contributed by atoms with Crippen molar-refractivity contribution in [1.29, 1.82) is 0 Å². The van der Waals surface area contributed by atoms with Crippen molar-refractivity contribution >= 4 is 22.7 Å². The Bertz CT molecular complexity index is 876. The SMILES string of the molecule is CC(N=Cc1nccc2c([N+](=O)[O-])cccc12)c1ccccc1. The van der Waals surface area contributed by atoms with E-state index in [1.807, 2.05) is 43.3 Å². The van der Waals surface area contributed by atoms with Crippen LogP contribution in [-0.4, -0.2) is 16.1 Å². The summed E-state index contributed by atoms with van der Waals surface area (Å²) in [6, 6.07) is 16.6. The van der Waals surface area contributed by atoms with Crippen LogP contribution in [0.4, 0.5) is 5.69 Å².